The lowest BCUT2D eigenvalue weighted by Gasteiger charge is -2.44. The fourth-order valence-electron chi connectivity index (χ4n) is 2.99. The number of hydrogen-bond acceptors (Lipinski definition) is 3. The van der Waals surface area contributed by atoms with Crippen LogP contribution in [0.25, 0.3) is 0 Å². The van der Waals surface area contributed by atoms with Gasteiger partial charge in [-0.1, -0.05) is 0 Å². The van der Waals surface area contributed by atoms with Gasteiger partial charge in [-0.15, -0.1) is 0 Å². The van der Waals surface area contributed by atoms with Crippen LogP contribution in [0.3, 0.4) is 0 Å². The molecule has 2 fully saturated rings. The van der Waals surface area contributed by atoms with Crippen molar-refractivity contribution < 1.29 is 9.53 Å². The van der Waals surface area contributed by atoms with Crippen LogP contribution >= 0.6 is 0 Å². The standard InChI is InChI=1S/C13H24N2O2/c1-10-7-15(9-12(2,3)17-10)11(16)13(4)5-6-14-8-13/h10,14H,5-9H2,1-4H3. The smallest absolute Gasteiger partial charge is 0.230 e. The van der Waals surface area contributed by atoms with Crippen molar-refractivity contribution in [1.82, 2.24) is 10.2 Å². The molecule has 2 saturated heterocycles. The number of hydrogen-bond donors (Lipinski definition) is 1. The van der Waals surface area contributed by atoms with E-state index in [1.165, 1.54) is 0 Å². The Morgan fingerprint density at radius 1 is 1.41 bits per heavy atom. The van der Waals surface area contributed by atoms with Gasteiger partial charge in [0.05, 0.1) is 17.1 Å². The highest BCUT2D eigenvalue weighted by Gasteiger charge is 2.43. The summed E-state index contributed by atoms with van der Waals surface area (Å²) in [7, 11) is 0. The maximum absolute atomic E-state index is 12.6. The second kappa shape index (κ2) is 4.25. The van der Waals surface area contributed by atoms with Gasteiger partial charge >= 0.3 is 0 Å². The Balaban J connectivity index is 2.09. The van der Waals surface area contributed by atoms with Gasteiger partial charge in [-0.3, -0.25) is 4.79 Å². The maximum atomic E-state index is 12.6. The second-order valence-corrected chi connectivity index (χ2v) is 6.36. The van der Waals surface area contributed by atoms with Crippen LogP contribution in [-0.4, -0.2) is 48.7 Å². The topological polar surface area (TPSA) is 41.6 Å². The predicted octanol–water partition coefficient (Wildman–Crippen LogP) is 1.01. The van der Waals surface area contributed by atoms with Crippen molar-refractivity contribution in [3.8, 4) is 0 Å². The summed E-state index contributed by atoms with van der Waals surface area (Å²) in [5, 5.41) is 3.29. The molecule has 0 saturated carbocycles. The largest absolute Gasteiger partial charge is 0.369 e. The molecule has 98 valence electrons. The average molecular weight is 240 g/mol. The first-order chi connectivity index (χ1) is 7.82. The van der Waals surface area contributed by atoms with Gasteiger partial charge < -0.3 is 15.0 Å². The third kappa shape index (κ3) is 2.63. The molecule has 2 atom stereocenters. The first-order valence-electron chi connectivity index (χ1n) is 6.50. The molecule has 0 aliphatic carbocycles. The minimum absolute atomic E-state index is 0.126. The number of rotatable bonds is 1. The Labute approximate surface area is 104 Å². The fraction of sp³-hybridized carbons (Fsp3) is 0.923. The number of morpholine rings is 1. The highest BCUT2D eigenvalue weighted by molar-refractivity contribution is 5.83. The molecule has 4 nitrogen and oxygen atoms in total. The minimum Gasteiger partial charge on any atom is -0.369 e. The van der Waals surface area contributed by atoms with E-state index in [4.69, 9.17) is 4.74 Å². The lowest BCUT2D eigenvalue weighted by molar-refractivity contribution is -0.165. The highest BCUT2D eigenvalue weighted by Crippen LogP contribution is 2.30. The molecule has 0 aromatic heterocycles. The Hall–Kier alpha value is -0.610. The maximum Gasteiger partial charge on any atom is 0.230 e. The molecule has 2 heterocycles. The Morgan fingerprint density at radius 2 is 2.12 bits per heavy atom. The fourth-order valence-corrected chi connectivity index (χ4v) is 2.99. The zero-order chi connectivity index (χ0) is 12.7. The van der Waals surface area contributed by atoms with Crippen molar-refractivity contribution in [2.45, 2.75) is 45.8 Å². The number of nitrogens with zero attached hydrogens (tertiary/aromatic N) is 1. The van der Waals surface area contributed by atoms with Gasteiger partial charge in [0.2, 0.25) is 5.91 Å². The molecule has 1 amide bonds. The molecule has 0 bridgehead atoms. The summed E-state index contributed by atoms with van der Waals surface area (Å²) in [5.74, 6) is 0.283. The van der Waals surface area contributed by atoms with Gasteiger partial charge in [-0.25, -0.2) is 0 Å². The lowest BCUT2D eigenvalue weighted by Crippen LogP contribution is -2.57. The van der Waals surface area contributed by atoms with Gasteiger partial charge in [0.15, 0.2) is 0 Å². The van der Waals surface area contributed by atoms with Crippen molar-refractivity contribution in [3.05, 3.63) is 0 Å². The van der Waals surface area contributed by atoms with Crippen molar-refractivity contribution in [2.75, 3.05) is 26.2 Å². The second-order valence-electron chi connectivity index (χ2n) is 6.36. The summed E-state index contributed by atoms with van der Waals surface area (Å²) < 4.78 is 5.84. The minimum atomic E-state index is -0.226. The molecule has 2 rings (SSSR count). The van der Waals surface area contributed by atoms with Gasteiger partial charge in [0.1, 0.15) is 0 Å². The van der Waals surface area contributed by atoms with E-state index < -0.39 is 0 Å². The number of carbonyl (C=O) groups is 1. The summed E-state index contributed by atoms with van der Waals surface area (Å²) >= 11 is 0. The number of nitrogens with one attached hydrogen (secondary N) is 1. The van der Waals surface area contributed by atoms with Crippen LogP contribution in [0.4, 0.5) is 0 Å². The number of amides is 1. The normalized spacial score (nSPS) is 37.2. The molecule has 2 unspecified atom stereocenters. The molecular weight excluding hydrogens is 216 g/mol. The Kier molecular flexibility index (Phi) is 3.21. The van der Waals surface area contributed by atoms with Crippen molar-refractivity contribution in [3.63, 3.8) is 0 Å². The van der Waals surface area contributed by atoms with E-state index in [9.17, 15) is 4.79 Å². The molecule has 1 N–H and O–H groups in total. The Bertz CT molecular complexity index is 309. The van der Waals surface area contributed by atoms with E-state index in [0.717, 1.165) is 26.1 Å². The molecule has 4 heteroatoms. The molecule has 17 heavy (non-hydrogen) atoms. The lowest BCUT2D eigenvalue weighted by atomic mass is 9.87. The number of carbonyl (C=O) groups excluding carboxylic acids is 1. The first-order valence-corrected chi connectivity index (χ1v) is 6.50. The zero-order valence-electron chi connectivity index (χ0n) is 11.4. The van der Waals surface area contributed by atoms with Gasteiger partial charge in [0, 0.05) is 19.6 Å². The Morgan fingerprint density at radius 3 is 2.65 bits per heavy atom. The molecule has 0 aromatic carbocycles. The van der Waals surface area contributed by atoms with Crippen molar-refractivity contribution in [2.24, 2.45) is 5.41 Å². The third-order valence-corrected chi connectivity index (χ3v) is 3.74. The van der Waals surface area contributed by atoms with Crippen LogP contribution in [0.15, 0.2) is 0 Å². The van der Waals surface area contributed by atoms with Gasteiger partial charge in [-0.2, -0.15) is 0 Å². The van der Waals surface area contributed by atoms with Crippen LogP contribution in [-0.2, 0) is 9.53 Å². The number of ether oxygens (including phenoxy) is 1. The van der Waals surface area contributed by atoms with Gasteiger partial charge in [-0.05, 0) is 40.7 Å². The SMILES string of the molecule is CC1CN(C(=O)C2(C)CCNC2)CC(C)(C)O1. The van der Waals surface area contributed by atoms with E-state index >= 15 is 0 Å². The van der Waals surface area contributed by atoms with Crippen LogP contribution in [0.2, 0.25) is 0 Å². The summed E-state index contributed by atoms with van der Waals surface area (Å²) in [6.07, 6.45) is 1.07. The van der Waals surface area contributed by atoms with Crippen LogP contribution in [0.5, 0.6) is 0 Å². The van der Waals surface area contributed by atoms with E-state index in [2.05, 4.69) is 26.1 Å². The molecule has 2 aliphatic rings. The van der Waals surface area contributed by atoms with E-state index in [-0.39, 0.29) is 23.0 Å². The van der Waals surface area contributed by atoms with Gasteiger partial charge in [0.25, 0.3) is 0 Å². The molecule has 0 aromatic rings. The van der Waals surface area contributed by atoms with Crippen LogP contribution in [0.1, 0.15) is 34.1 Å². The zero-order valence-corrected chi connectivity index (χ0v) is 11.4. The summed E-state index contributed by atoms with van der Waals surface area (Å²) in [6.45, 7) is 11.4. The first kappa shape index (κ1) is 12.8. The molecule has 2 aliphatic heterocycles. The molecular formula is C13H24N2O2. The van der Waals surface area contributed by atoms with Crippen molar-refractivity contribution in [1.29, 1.82) is 0 Å². The average Bonchev–Trinajstić information content (AvgIpc) is 2.62. The van der Waals surface area contributed by atoms with Crippen LogP contribution in [0, 0.1) is 5.41 Å². The third-order valence-electron chi connectivity index (χ3n) is 3.74. The summed E-state index contributed by atoms with van der Waals surface area (Å²) in [4.78, 5) is 14.6. The monoisotopic (exact) mass is 240 g/mol. The van der Waals surface area contributed by atoms with Crippen LogP contribution < -0.4 is 5.32 Å². The quantitative estimate of drug-likeness (QED) is 0.744. The van der Waals surface area contributed by atoms with Crippen molar-refractivity contribution >= 4 is 5.91 Å². The molecule has 0 radical (unpaired) electrons. The van der Waals surface area contributed by atoms with E-state index in [0.29, 0.717) is 6.54 Å². The highest BCUT2D eigenvalue weighted by atomic mass is 16.5. The molecule has 0 spiro atoms. The van der Waals surface area contributed by atoms with E-state index in [1.807, 2.05) is 11.8 Å². The summed E-state index contributed by atoms with van der Waals surface area (Å²) in [6, 6.07) is 0. The summed E-state index contributed by atoms with van der Waals surface area (Å²) in [5.41, 5.74) is -0.442. The van der Waals surface area contributed by atoms with E-state index in [1.54, 1.807) is 0 Å². The predicted molar refractivity (Wildman–Crippen MR) is 66.8 cm³/mol.